The molecule has 1 atom stereocenters. The van der Waals surface area contributed by atoms with E-state index in [9.17, 15) is 4.79 Å². The minimum absolute atomic E-state index is 0.111. The Bertz CT molecular complexity index is 1100. The summed E-state index contributed by atoms with van der Waals surface area (Å²) in [5, 5.41) is 7.31. The molecular formula is C24H31N5O3. The van der Waals surface area contributed by atoms with Gasteiger partial charge in [-0.2, -0.15) is 0 Å². The van der Waals surface area contributed by atoms with E-state index < -0.39 is 0 Å². The third-order valence-corrected chi connectivity index (χ3v) is 5.82. The van der Waals surface area contributed by atoms with Gasteiger partial charge in [0.25, 0.3) is 5.91 Å². The van der Waals surface area contributed by atoms with Crippen LogP contribution in [0.25, 0.3) is 11.0 Å². The zero-order valence-corrected chi connectivity index (χ0v) is 19.2. The standard InChI is InChI=1S/C24H31N5O3/c1-5-31-18-8-9-20-19(12-18)22(15(2)32-20)24(30)29(4)14-17-11-21(25-3)28-23(27-17)16-7-6-10-26-13-16/h8-9,11-12,16,26H,5-7,10,13-14H2,1-4H3,(H,25,27,28). The topological polar surface area (TPSA) is 92.5 Å². The predicted octanol–water partition coefficient (Wildman–Crippen LogP) is 3.71. The molecule has 8 nitrogen and oxygen atoms in total. The lowest BCUT2D eigenvalue weighted by atomic mass is 9.99. The highest BCUT2D eigenvalue weighted by atomic mass is 16.5. The van der Waals surface area contributed by atoms with Gasteiger partial charge in [-0.1, -0.05) is 0 Å². The van der Waals surface area contributed by atoms with Crippen LogP contribution in [0.5, 0.6) is 5.75 Å². The molecule has 1 unspecified atom stereocenters. The van der Waals surface area contributed by atoms with Crippen molar-refractivity contribution in [3.63, 3.8) is 0 Å². The van der Waals surface area contributed by atoms with Crippen molar-refractivity contribution in [2.24, 2.45) is 0 Å². The molecule has 8 heteroatoms. The highest BCUT2D eigenvalue weighted by Gasteiger charge is 2.24. The molecule has 3 heterocycles. The third kappa shape index (κ3) is 4.55. The molecule has 1 amide bonds. The first-order valence-electron chi connectivity index (χ1n) is 11.2. The van der Waals surface area contributed by atoms with Gasteiger partial charge in [0.1, 0.15) is 28.7 Å². The van der Waals surface area contributed by atoms with E-state index in [-0.39, 0.29) is 11.8 Å². The van der Waals surface area contributed by atoms with Gasteiger partial charge in [0.15, 0.2) is 0 Å². The number of carbonyl (C=O) groups is 1. The number of aromatic nitrogens is 2. The molecule has 0 spiro atoms. The van der Waals surface area contributed by atoms with Crippen molar-refractivity contribution in [1.29, 1.82) is 0 Å². The maximum absolute atomic E-state index is 13.4. The number of piperidine rings is 1. The zero-order valence-electron chi connectivity index (χ0n) is 19.2. The van der Waals surface area contributed by atoms with Crippen molar-refractivity contribution in [1.82, 2.24) is 20.2 Å². The lowest BCUT2D eigenvalue weighted by Gasteiger charge is -2.23. The van der Waals surface area contributed by atoms with Crippen molar-refractivity contribution in [2.75, 3.05) is 39.1 Å². The van der Waals surface area contributed by atoms with Gasteiger partial charge in [0.05, 0.1) is 24.4 Å². The van der Waals surface area contributed by atoms with E-state index in [0.717, 1.165) is 54.4 Å². The number of amides is 1. The Kier molecular flexibility index (Phi) is 6.60. The molecule has 0 saturated carbocycles. The molecule has 0 bridgehead atoms. The Morgan fingerprint density at radius 1 is 1.34 bits per heavy atom. The second-order valence-electron chi connectivity index (χ2n) is 8.18. The van der Waals surface area contributed by atoms with Crippen molar-refractivity contribution in [2.45, 2.75) is 39.2 Å². The van der Waals surface area contributed by atoms with Crippen LogP contribution in [0, 0.1) is 6.92 Å². The minimum Gasteiger partial charge on any atom is -0.494 e. The molecule has 1 aliphatic heterocycles. The van der Waals surface area contributed by atoms with E-state index in [0.29, 0.717) is 30.1 Å². The molecule has 32 heavy (non-hydrogen) atoms. The van der Waals surface area contributed by atoms with Gasteiger partial charge in [-0.25, -0.2) is 9.97 Å². The fourth-order valence-corrected chi connectivity index (χ4v) is 4.21. The van der Waals surface area contributed by atoms with Gasteiger partial charge in [-0.3, -0.25) is 4.79 Å². The van der Waals surface area contributed by atoms with Gasteiger partial charge < -0.3 is 24.7 Å². The summed E-state index contributed by atoms with van der Waals surface area (Å²) in [6, 6.07) is 7.47. The van der Waals surface area contributed by atoms with E-state index >= 15 is 0 Å². The summed E-state index contributed by atoms with van der Waals surface area (Å²) in [5.41, 5.74) is 2.04. The van der Waals surface area contributed by atoms with Crippen molar-refractivity contribution in [3.05, 3.63) is 47.1 Å². The molecule has 0 radical (unpaired) electrons. The van der Waals surface area contributed by atoms with Crippen LogP contribution >= 0.6 is 0 Å². The number of hydrogen-bond donors (Lipinski definition) is 2. The van der Waals surface area contributed by atoms with Crippen LogP contribution in [0.15, 0.2) is 28.7 Å². The van der Waals surface area contributed by atoms with Crippen LogP contribution in [0.3, 0.4) is 0 Å². The minimum atomic E-state index is -0.111. The van der Waals surface area contributed by atoms with Crippen LogP contribution < -0.4 is 15.4 Å². The van der Waals surface area contributed by atoms with Gasteiger partial charge in [-0.15, -0.1) is 0 Å². The Hall–Kier alpha value is -3.13. The molecule has 2 N–H and O–H groups in total. The van der Waals surface area contributed by atoms with E-state index in [1.807, 2.05) is 45.2 Å². The van der Waals surface area contributed by atoms with Crippen LogP contribution in [-0.4, -0.2) is 54.6 Å². The maximum Gasteiger partial charge on any atom is 0.258 e. The Morgan fingerprint density at radius 2 is 2.19 bits per heavy atom. The number of furan rings is 1. The lowest BCUT2D eigenvalue weighted by Crippen LogP contribution is -2.30. The SMILES string of the molecule is CCOc1ccc2oc(C)c(C(=O)N(C)Cc3cc(NC)nc(C4CCCNC4)n3)c2c1. The van der Waals surface area contributed by atoms with Crippen LogP contribution in [-0.2, 0) is 6.54 Å². The molecule has 4 rings (SSSR count). The fraction of sp³-hybridized carbons (Fsp3) is 0.458. The lowest BCUT2D eigenvalue weighted by molar-refractivity contribution is 0.0783. The molecule has 1 saturated heterocycles. The van der Waals surface area contributed by atoms with Gasteiger partial charge >= 0.3 is 0 Å². The van der Waals surface area contributed by atoms with Gasteiger partial charge in [0, 0.05) is 38.0 Å². The molecule has 0 aliphatic carbocycles. The fourth-order valence-electron chi connectivity index (χ4n) is 4.21. The van der Waals surface area contributed by atoms with E-state index in [4.69, 9.17) is 14.1 Å². The summed E-state index contributed by atoms with van der Waals surface area (Å²) in [6.45, 7) is 6.61. The smallest absolute Gasteiger partial charge is 0.258 e. The first-order chi connectivity index (χ1) is 15.5. The predicted molar refractivity (Wildman–Crippen MR) is 124 cm³/mol. The van der Waals surface area contributed by atoms with Gasteiger partial charge in [-0.05, 0) is 51.4 Å². The molecule has 1 fully saturated rings. The third-order valence-electron chi connectivity index (χ3n) is 5.82. The largest absolute Gasteiger partial charge is 0.494 e. The molecule has 170 valence electrons. The number of nitrogens with one attached hydrogen (secondary N) is 2. The molecular weight excluding hydrogens is 406 g/mol. The quantitative estimate of drug-likeness (QED) is 0.582. The monoisotopic (exact) mass is 437 g/mol. The summed E-state index contributed by atoms with van der Waals surface area (Å²) in [6.07, 6.45) is 2.18. The van der Waals surface area contributed by atoms with Gasteiger partial charge in [0.2, 0.25) is 0 Å². The average Bonchev–Trinajstić information content (AvgIpc) is 3.14. The Labute approximate surface area is 188 Å². The number of ether oxygens (including phenoxy) is 1. The summed E-state index contributed by atoms with van der Waals surface area (Å²) < 4.78 is 11.5. The molecule has 1 aromatic carbocycles. The van der Waals surface area contributed by atoms with E-state index in [1.165, 1.54) is 0 Å². The van der Waals surface area contributed by atoms with Crippen molar-refractivity contribution in [3.8, 4) is 5.75 Å². The number of anilines is 1. The summed E-state index contributed by atoms with van der Waals surface area (Å²) in [4.78, 5) is 24.6. The number of rotatable bonds is 7. The van der Waals surface area contributed by atoms with Crippen molar-refractivity contribution >= 4 is 22.7 Å². The van der Waals surface area contributed by atoms with E-state index in [2.05, 4.69) is 15.6 Å². The second kappa shape index (κ2) is 9.56. The van der Waals surface area contributed by atoms with Crippen LogP contribution in [0.2, 0.25) is 0 Å². The first-order valence-corrected chi connectivity index (χ1v) is 11.2. The second-order valence-corrected chi connectivity index (χ2v) is 8.18. The Balaban J connectivity index is 1.60. The highest BCUT2D eigenvalue weighted by Crippen LogP contribution is 2.30. The molecule has 2 aromatic heterocycles. The number of carbonyl (C=O) groups excluding carboxylic acids is 1. The number of fused-ring (bicyclic) bond motifs is 1. The average molecular weight is 438 g/mol. The van der Waals surface area contributed by atoms with Crippen LogP contribution in [0.4, 0.5) is 5.82 Å². The zero-order chi connectivity index (χ0) is 22.7. The number of nitrogens with zero attached hydrogens (tertiary/aromatic N) is 3. The van der Waals surface area contributed by atoms with Crippen molar-refractivity contribution < 1.29 is 13.9 Å². The summed E-state index contributed by atoms with van der Waals surface area (Å²) >= 11 is 0. The first kappa shape index (κ1) is 22.1. The summed E-state index contributed by atoms with van der Waals surface area (Å²) in [7, 11) is 3.64. The maximum atomic E-state index is 13.4. The van der Waals surface area contributed by atoms with E-state index in [1.54, 1.807) is 11.9 Å². The summed E-state index contributed by atoms with van der Waals surface area (Å²) in [5.74, 6) is 3.08. The number of benzene rings is 1. The normalized spacial score (nSPS) is 16.2. The highest BCUT2D eigenvalue weighted by molar-refractivity contribution is 6.07. The number of hydrogen-bond acceptors (Lipinski definition) is 7. The number of aryl methyl sites for hydroxylation is 1. The molecule has 1 aliphatic rings. The Morgan fingerprint density at radius 3 is 2.91 bits per heavy atom. The molecule has 3 aromatic rings. The van der Waals surface area contributed by atoms with Crippen LogP contribution in [0.1, 0.15) is 53.3 Å².